The first-order valence-corrected chi connectivity index (χ1v) is 16.8. The van der Waals surface area contributed by atoms with Crippen molar-refractivity contribution in [2.45, 2.75) is 76.4 Å². The van der Waals surface area contributed by atoms with Crippen LogP contribution in [0.3, 0.4) is 0 Å². The molecule has 5 rings (SSSR count). The number of aromatic nitrogens is 4. The Bertz CT molecular complexity index is 1510. The molecule has 0 bridgehead atoms. The highest BCUT2D eigenvalue weighted by molar-refractivity contribution is 6.74. The molecular formula is C27H35ClN10OSi. The maximum atomic E-state index is 9.84. The van der Waals surface area contributed by atoms with Crippen LogP contribution in [0.5, 0.6) is 0 Å². The summed E-state index contributed by atoms with van der Waals surface area (Å²) >= 11 is 6.98. The normalized spacial score (nSPS) is 19.8. The van der Waals surface area contributed by atoms with E-state index in [0.717, 1.165) is 24.9 Å². The molecule has 210 valence electrons. The van der Waals surface area contributed by atoms with E-state index < -0.39 is 8.32 Å². The van der Waals surface area contributed by atoms with E-state index in [9.17, 15) is 10.5 Å². The largest absolute Gasteiger partial charge is 0.411 e. The lowest BCUT2D eigenvalue weighted by atomic mass is 10.0. The average molecular weight is 579 g/mol. The molecule has 0 spiro atoms. The SMILES string of the molecule is CC(C)(C)[Si](C)(C)O[C@@H]1CN(c2cc(C#N)cc(Nc3nc(NC4CC4)c4ncc(C#N)n4n3)c2Cl)CC[C@H]1N. The van der Waals surface area contributed by atoms with E-state index in [1.165, 1.54) is 10.7 Å². The average Bonchev–Trinajstić information content (AvgIpc) is 3.61. The van der Waals surface area contributed by atoms with Gasteiger partial charge in [0.2, 0.25) is 5.95 Å². The zero-order chi connectivity index (χ0) is 28.8. The van der Waals surface area contributed by atoms with E-state index in [2.05, 4.69) is 76.6 Å². The van der Waals surface area contributed by atoms with Crippen LogP contribution < -0.4 is 21.3 Å². The number of halogens is 1. The number of piperidine rings is 1. The van der Waals surface area contributed by atoms with Gasteiger partial charge in [0.05, 0.1) is 40.3 Å². The lowest BCUT2D eigenvalue weighted by Gasteiger charge is -2.45. The summed E-state index contributed by atoms with van der Waals surface area (Å²) < 4.78 is 8.18. The van der Waals surface area contributed by atoms with Crippen LogP contribution >= 0.6 is 11.6 Å². The maximum Gasteiger partial charge on any atom is 0.247 e. The fourth-order valence-corrected chi connectivity index (χ4v) is 6.11. The van der Waals surface area contributed by atoms with Gasteiger partial charge >= 0.3 is 0 Å². The molecule has 1 aromatic carbocycles. The first-order chi connectivity index (χ1) is 18.9. The summed E-state index contributed by atoms with van der Waals surface area (Å²) in [4.78, 5) is 11.1. The molecule has 3 aromatic rings. The molecule has 2 aliphatic rings. The van der Waals surface area contributed by atoms with Crippen molar-refractivity contribution in [1.82, 2.24) is 19.6 Å². The number of nitrogens with zero attached hydrogens (tertiary/aromatic N) is 7. The van der Waals surface area contributed by atoms with Gasteiger partial charge in [0.15, 0.2) is 25.5 Å². The Labute approximate surface area is 240 Å². The molecule has 13 heteroatoms. The van der Waals surface area contributed by atoms with Crippen molar-refractivity contribution in [2.24, 2.45) is 5.73 Å². The van der Waals surface area contributed by atoms with Crippen molar-refractivity contribution in [3.63, 3.8) is 0 Å². The van der Waals surface area contributed by atoms with E-state index in [-0.39, 0.29) is 28.8 Å². The second kappa shape index (κ2) is 10.5. The van der Waals surface area contributed by atoms with Gasteiger partial charge in [0.25, 0.3) is 0 Å². The van der Waals surface area contributed by atoms with Crippen molar-refractivity contribution in [3.05, 3.63) is 34.6 Å². The molecule has 2 aromatic heterocycles. The summed E-state index contributed by atoms with van der Waals surface area (Å²) in [6.07, 6.45) is 4.15. The van der Waals surface area contributed by atoms with Gasteiger partial charge in [-0.25, -0.2) is 4.98 Å². The number of fused-ring (bicyclic) bond motifs is 1. The monoisotopic (exact) mass is 578 g/mol. The number of anilines is 4. The highest BCUT2D eigenvalue weighted by atomic mass is 35.5. The van der Waals surface area contributed by atoms with Gasteiger partial charge in [-0.2, -0.15) is 20.0 Å². The van der Waals surface area contributed by atoms with Crippen LogP contribution in [-0.2, 0) is 4.43 Å². The van der Waals surface area contributed by atoms with Gasteiger partial charge in [-0.1, -0.05) is 32.4 Å². The molecule has 1 aliphatic carbocycles. The van der Waals surface area contributed by atoms with E-state index in [1.54, 1.807) is 12.1 Å². The quantitative estimate of drug-likeness (QED) is 0.334. The Morgan fingerprint density at radius 2 is 1.93 bits per heavy atom. The smallest absolute Gasteiger partial charge is 0.247 e. The molecule has 2 atom stereocenters. The van der Waals surface area contributed by atoms with Crippen LogP contribution in [0, 0.1) is 22.7 Å². The summed E-state index contributed by atoms with van der Waals surface area (Å²) in [6.45, 7) is 12.3. The summed E-state index contributed by atoms with van der Waals surface area (Å²) in [6, 6.07) is 8.06. The van der Waals surface area contributed by atoms with Crippen LogP contribution in [0.15, 0.2) is 18.3 Å². The number of nitrogens with two attached hydrogens (primary N) is 1. The van der Waals surface area contributed by atoms with Gasteiger partial charge in [0.1, 0.15) is 6.07 Å². The molecule has 1 aliphatic heterocycles. The Hall–Kier alpha value is -3.42. The maximum absolute atomic E-state index is 9.84. The number of hydrogen-bond acceptors (Lipinski definition) is 10. The Morgan fingerprint density at radius 3 is 2.58 bits per heavy atom. The lowest BCUT2D eigenvalue weighted by Crippen LogP contribution is -2.57. The van der Waals surface area contributed by atoms with Crippen molar-refractivity contribution >= 4 is 48.7 Å². The summed E-state index contributed by atoms with van der Waals surface area (Å²) in [5, 5.41) is 30.9. The molecule has 0 amide bonds. The number of hydrogen-bond donors (Lipinski definition) is 3. The topological polar surface area (TPSA) is 153 Å². The summed E-state index contributed by atoms with van der Waals surface area (Å²) in [7, 11) is -2.05. The predicted octanol–water partition coefficient (Wildman–Crippen LogP) is 4.77. The van der Waals surface area contributed by atoms with Gasteiger partial charge < -0.3 is 25.7 Å². The first-order valence-electron chi connectivity index (χ1n) is 13.5. The van der Waals surface area contributed by atoms with Gasteiger partial charge in [-0.3, -0.25) is 0 Å². The van der Waals surface area contributed by atoms with Crippen LogP contribution in [0.25, 0.3) is 5.65 Å². The van der Waals surface area contributed by atoms with Crippen molar-refractivity contribution in [3.8, 4) is 12.1 Å². The third-order valence-electron chi connectivity index (χ3n) is 8.03. The molecule has 40 heavy (non-hydrogen) atoms. The first kappa shape index (κ1) is 28.1. The Morgan fingerprint density at radius 1 is 1.18 bits per heavy atom. The van der Waals surface area contributed by atoms with Crippen molar-refractivity contribution in [2.75, 3.05) is 28.6 Å². The summed E-state index contributed by atoms with van der Waals surface area (Å²) in [5.41, 5.74) is 8.94. The molecule has 3 heterocycles. The van der Waals surface area contributed by atoms with Crippen LogP contribution in [0.2, 0.25) is 23.2 Å². The van der Waals surface area contributed by atoms with Crippen LogP contribution in [0.1, 0.15) is 51.3 Å². The fourth-order valence-electron chi connectivity index (χ4n) is 4.48. The standard InChI is InChI=1S/C27H35ClN10OSi/c1-27(2,3)40(4,5)39-22-15-37(9-8-19(22)31)21-11-16(12-29)10-20(23(21)28)34-26-35-24(33-17-6-7-17)25-32-14-18(13-30)38(25)36-26/h10-11,14,17,19,22H,6-9,15,31H2,1-5H3,(H2,33,34,35,36)/t19-,22-/m1/s1. The predicted molar refractivity (Wildman–Crippen MR) is 158 cm³/mol. The molecule has 0 unspecified atom stereocenters. The Balaban J connectivity index is 1.47. The molecule has 1 saturated heterocycles. The Kier molecular flexibility index (Phi) is 7.40. The van der Waals surface area contributed by atoms with Crippen molar-refractivity contribution < 1.29 is 4.43 Å². The zero-order valence-corrected chi connectivity index (χ0v) is 25.2. The number of benzene rings is 1. The molecule has 0 radical (unpaired) electrons. The zero-order valence-electron chi connectivity index (χ0n) is 23.5. The number of rotatable bonds is 7. The fraction of sp³-hybridized carbons (Fsp3) is 0.519. The van der Waals surface area contributed by atoms with E-state index in [0.29, 0.717) is 46.9 Å². The van der Waals surface area contributed by atoms with Crippen LogP contribution in [0.4, 0.5) is 23.1 Å². The minimum Gasteiger partial charge on any atom is -0.411 e. The third kappa shape index (κ3) is 5.58. The molecule has 11 nitrogen and oxygen atoms in total. The number of nitriles is 2. The highest BCUT2D eigenvalue weighted by Gasteiger charge is 2.42. The number of nitrogens with one attached hydrogen (secondary N) is 2. The number of imidazole rings is 1. The highest BCUT2D eigenvalue weighted by Crippen LogP contribution is 2.40. The van der Waals surface area contributed by atoms with E-state index in [4.69, 9.17) is 21.8 Å². The minimum absolute atomic E-state index is 0.0550. The van der Waals surface area contributed by atoms with Crippen molar-refractivity contribution in [1.29, 1.82) is 10.5 Å². The molecule has 2 fully saturated rings. The molecule has 4 N–H and O–H groups in total. The van der Waals surface area contributed by atoms with E-state index >= 15 is 0 Å². The lowest BCUT2D eigenvalue weighted by molar-refractivity contribution is 0.139. The second-order valence-electron chi connectivity index (χ2n) is 12.1. The van der Waals surface area contributed by atoms with Crippen LogP contribution in [-0.4, -0.2) is 59.2 Å². The minimum atomic E-state index is -2.05. The third-order valence-corrected chi connectivity index (χ3v) is 12.9. The second-order valence-corrected chi connectivity index (χ2v) is 17.2. The van der Waals surface area contributed by atoms with Gasteiger partial charge in [0, 0.05) is 25.2 Å². The van der Waals surface area contributed by atoms with E-state index in [1.807, 2.05) is 0 Å². The van der Waals surface area contributed by atoms with Gasteiger partial charge in [-0.05, 0) is 49.5 Å². The molecular weight excluding hydrogens is 544 g/mol. The van der Waals surface area contributed by atoms with Gasteiger partial charge in [-0.15, -0.1) is 5.10 Å². The summed E-state index contributed by atoms with van der Waals surface area (Å²) in [5.74, 6) is 0.762. The molecule has 1 saturated carbocycles.